The van der Waals surface area contributed by atoms with E-state index >= 15 is 0 Å². The molecule has 0 heterocycles. The number of hydrogen-bond donors (Lipinski definition) is 4. The Kier molecular flexibility index (Phi) is 8.92. The van der Waals surface area contributed by atoms with E-state index < -0.39 is 0 Å². The van der Waals surface area contributed by atoms with Crippen molar-refractivity contribution in [3.05, 3.63) is 108 Å². The molecule has 0 radical (unpaired) electrons. The molecule has 0 saturated carbocycles. The van der Waals surface area contributed by atoms with Gasteiger partial charge >= 0.3 is 0 Å². The van der Waals surface area contributed by atoms with E-state index in [4.69, 9.17) is 9.47 Å². The zero-order chi connectivity index (χ0) is 25.0. The number of ether oxygens (including phenoxy) is 2. The highest BCUT2D eigenvalue weighted by Crippen LogP contribution is 2.21. The number of aromatic hydroxyl groups is 2. The van der Waals surface area contributed by atoms with E-state index in [0.717, 1.165) is 46.8 Å². The molecule has 0 aliphatic heterocycles. The molecule has 0 aliphatic carbocycles. The van der Waals surface area contributed by atoms with Gasteiger partial charge in [0, 0.05) is 35.6 Å². The molecule has 0 aromatic heterocycles. The van der Waals surface area contributed by atoms with Crippen molar-refractivity contribution in [2.45, 2.75) is 25.9 Å². The molecule has 0 aliphatic rings. The fraction of sp³-hybridized carbons (Fsp3) is 0.200. The number of phenols is 2. The number of anilines is 2. The minimum atomic E-state index is 0.295. The third-order valence-corrected chi connectivity index (χ3v) is 5.73. The summed E-state index contributed by atoms with van der Waals surface area (Å²) in [5.74, 6) is 2.25. The van der Waals surface area contributed by atoms with E-state index in [2.05, 4.69) is 10.6 Å². The third kappa shape index (κ3) is 7.60. The Morgan fingerprint density at radius 2 is 0.889 bits per heavy atom. The lowest BCUT2D eigenvalue weighted by Gasteiger charge is -2.11. The van der Waals surface area contributed by atoms with E-state index in [0.29, 0.717) is 37.8 Å². The minimum Gasteiger partial charge on any atom is -0.508 e. The lowest BCUT2D eigenvalue weighted by Crippen LogP contribution is -2.03. The normalized spacial score (nSPS) is 10.6. The van der Waals surface area contributed by atoms with Gasteiger partial charge in [-0.3, -0.25) is 0 Å². The summed E-state index contributed by atoms with van der Waals surface area (Å²) < 4.78 is 11.7. The maximum absolute atomic E-state index is 9.85. The van der Waals surface area contributed by atoms with Gasteiger partial charge in [-0.05, 0) is 73.5 Å². The van der Waals surface area contributed by atoms with Crippen molar-refractivity contribution < 1.29 is 19.7 Å². The van der Waals surface area contributed by atoms with Crippen LogP contribution < -0.4 is 20.1 Å². The standard InChI is InChI=1S/C30H32N2O4/c33-29-9-3-1-7-23(29)21-31-25-11-15-27(16-12-25)35-19-5-6-20-36-28-17-13-26(14-18-28)32-22-24-8-2-4-10-30(24)34/h1-4,7-18,31-34H,5-6,19-22H2. The van der Waals surface area contributed by atoms with Gasteiger partial charge in [0.1, 0.15) is 23.0 Å². The Bertz CT molecular complexity index is 1110. The molecule has 0 unspecified atom stereocenters. The van der Waals surface area contributed by atoms with Crippen LogP contribution in [0.25, 0.3) is 0 Å². The fourth-order valence-corrected chi connectivity index (χ4v) is 3.64. The molecule has 0 spiro atoms. The largest absolute Gasteiger partial charge is 0.508 e. The Morgan fingerprint density at radius 1 is 0.500 bits per heavy atom. The van der Waals surface area contributed by atoms with E-state index in [9.17, 15) is 10.2 Å². The average molecular weight is 485 g/mol. The summed E-state index contributed by atoms with van der Waals surface area (Å²) in [6, 6.07) is 30.3. The van der Waals surface area contributed by atoms with Crippen LogP contribution in [0.3, 0.4) is 0 Å². The quantitative estimate of drug-likeness (QED) is 0.161. The van der Waals surface area contributed by atoms with Crippen LogP contribution in [0.5, 0.6) is 23.0 Å². The first-order valence-corrected chi connectivity index (χ1v) is 12.1. The van der Waals surface area contributed by atoms with Crippen LogP contribution >= 0.6 is 0 Å². The van der Waals surface area contributed by atoms with Gasteiger partial charge in [0.05, 0.1) is 13.2 Å². The summed E-state index contributed by atoms with van der Waals surface area (Å²) in [7, 11) is 0. The zero-order valence-corrected chi connectivity index (χ0v) is 20.2. The second-order valence-electron chi connectivity index (χ2n) is 8.42. The Hall–Kier alpha value is -4.32. The van der Waals surface area contributed by atoms with Crippen LogP contribution in [-0.2, 0) is 13.1 Å². The van der Waals surface area contributed by atoms with Gasteiger partial charge in [0.25, 0.3) is 0 Å². The van der Waals surface area contributed by atoms with Gasteiger partial charge in [0.15, 0.2) is 0 Å². The average Bonchev–Trinajstić information content (AvgIpc) is 2.91. The summed E-state index contributed by atoms with van der Waals surface area (Å²) in [5.41, 5.74) is 3.66. The van der Waals surface area contributed by atoms with Gasteiger partial charge in [-0.15, -0.1) is 0 Å². The summed E-state index contributed by atoms with van der Waals surface area (Å²) >= 11 is 0. The first kappa shape index (κ1) is 24.8. The lowest BCUT2D eigenvalue weighted by molar-refractivity contribution is 0.266. The van der Waals surface area contributed by atoms with Gasteiger partial charge in [-0.2, -0.15) is 0 Å². The van der Waals surface area contributed by atoms with Gasteiger partial charge in [-0.1, -0.05) is 36.4 Å². The molecular weight excluding hydrogens is 452 g/mol. The molecule has 4 aromatic carbocycles. The molecule has 186 valence electrons. The molecule has 6 nitrogen and oxygen atoms in total. The van der Waals surface area contributed by atoms with Crippen molar-refractivity contribution in [1.82, 2.24) is 0 Å². The number of nitrogens with one attached hydrogen (secondary N) is 2. The maximum atomic E-state index is 9.85. The monoisotopic (exact) mass is 484 g/mol. The first-order valence-electron chi connectivity index (χ1n) is 12.1. The molecule has 0 bridgehead atoms. The molecule has 0 fully saturated rings. The Labute approximate surface area is 212 Å². The zero-order valence-electron chi connectivity index (χ0n) is 20.2. The van der Waals surface area contributed by atoms with Crippen LogP contribution in [0, 0.1) is 0 Å². The van der Waals surface area contributed by atoms with Crippen LogP contribution in [0.1, 0.15) is 24.0 Å². The number of unbranched alkanes of at least 4 members (excludes halogenated alkanes) is 1. The number of hydrogen-bond acceptors (Lipinski definition) is 6. The van der Waals surface area contributed by atoms with Gasteiger partial charge < -0.3 is 30.3 Å². The van der Waals surface area contributed by atoms with E-state index in [1.165, 1.54) is 0 Å². The Balaban J connectivity index is 1.09. The van der Waals surface area contributed by atoms with Crippen LogP contribution in [0.4, 0.5) is 11.4 Å². The topological polar surface area (TPSA) is 83.0 Å². The van der Waals surface area contributed by atoms with Crippen molar-refractivity contribution in [3.8, 4) is 23.0 Å². The number of rotatable bonds is 13. The van der Waals surface area contributed by atoms with Crippen molar-refractivity contribution in [2.24, 2.45) is 0 Å². The predicted molar refractivity (Wildman–Crippen MR) is 144 cm³/mol. The second-order valence-corrected chi connectivity index (χ2v) is 8.42. The molecule has 4 N–H and O–H groups in total. The molecule has 0 amide bonds. The van der Waals surface area contributed by atoms with Crippen LogP contribution in [-0.4, -0.2) is 23.4 Å². The lowest BCUT2D eigenvalue weighted by atomic mass is 10.2. The number of para-hydroxylation sites is 2. The summed E-state index contributed by atoms with van der Waals surface area (Å²) in [6.45, 7) is 2.38. The predicted octanol–water partition coefficient (Wildman–Crippen LogP) is 6.56. The molecule has 6 heteroatoms. The molecular formula is C30H32N2O4. The summed E-state index contributed by atoms with van der Waals surface area (Å²) in [6.07, 6.45) is 1.79. The summed E-state index contributed by atoms with van der Waals surface area (Å²) in [5, 5.41) is 26.3. The van der Waals surface area contributed by atoms with Crippen molar-refractivity contribution >= 4 is 11.4 Å². The fourth-order valence-electron chi connectivity index (χ4n) is 3.64. The highest BCUT2D eigenvalue weighted by Gasteiger charge is 2.02. The third-order valence-electron chi connectivity index (χ3n) is 5.73. The highest BCUT2D eigenvalue weighted by molar-refractivity contribution is 5.48. The SMILES string of the molecule is Oc1ccccc1CNc1ccc(OCCCCOc2ccc(NCc3ccccc3O)cc2)cc1. The highest BCUT2D eigenvalue weighted by atomic mass is 16.5. The first-order chi connectivity index (χ1) is 17.7. The molecule has 4 rings (SSSR count). The van der Waals surface area contributed by atoms with Crippen molar-refractivity contribution in [2.75, 3.05) is 23.8 Å². The minimum absolute atomic E-state index is 0.295. The molecule has 4 aromatic rings. The van der Waals surface area contributed by atoms with E-state index in [-0.39, 0.29) is 0 Å². The number of phenolic OH excluding ortho intramolecular Hbond substituents is 2. The molecule has 36 heavy (non-hydrogen) atoms. The smallest absolute Gasteiger partial charge is 0.120 e. The number of benzene rings is 4. The van der Waals surface area contributed by atoms with Crippen molar-refractivity contribution in [3.63, 3.8) is 0 Å². The van der Waals surface area contributed by atoms with E-state index in [1.54, 1.807) is 12.1 Å². The van der Waals surface area contributed by atoms with Crippen LogP contribution in [0.15, 0.2) is 97.1 Å². The molecule has 0 atom stereocenters. The molecule has 0 saturated heterocycles. The second kappa shape index (κ2) is 13.0. The maximum Gasteiger partial charge on any atom is 0.120 e. The van der Waals surface area contributed by atoms with Gasteiger partial charge in [-0.25, -0.2) is 0 Å². The van der Waals surface area contributed by atoms with Crippen LogP contribution in [0.2, 0.25) is 0 Å². The Morgan fingerprint density at radius 3 is 1.28 bits per heavy atom. The summed E-state index contributed by atoms with van der Waals surface area (Å²) in [4.78, 5) is 0. The van der Waals surface area contributed by atoms with Gasteiger partial charge in [0.2, 0.25) is 0 Å². The van der Waals surface area contributed by atoms with Crippen molar-refractivity contribution in [1.29, 1.82) is 0 Å². The van der Waals surface area contributed by atoms with E-state index in [1.807, 2.05) is 84.9 Å².